The standard InChI is InChI=1S/C14H10N2O2/c15-14-10-13(16(17)18)9-8-12(14)7-6-11-4-2-1-3-5-11/h1-5,8-10H,15H2. The van der Waals surface area contributed by atoms with Crippen LogP contribution < -0.4 is 5.73 Å². The third-order valence-electron chi connectivity index (χ3n) is 2.36. The molecule has 0 spiro atoms. The van der Waals surface area contributed by atoms with Crippen molar-refractivity contribution in [3.63, 3.8) is 0 Å². The number of hydrogen-bond acceptors (Lipinski definition) is 3. The SMILES string of the molecule is Nc1cc([N+](=O)[O-])ccc1C#Cc1ccccc1. The Labute approximate surface area is 104 Å². The first-order valence-corrected chi connectivity index (χ1v) is 5.28. The van der Waals surface area contributed by atoms with Gasteiger partial charge in [-0.1, -0.05) is 30.0 Å². The third kappa shape index (κ3) is 2.66. The fraction of sp³-hybridized carbons (Fsp3) is 0. The smallest absolute Gasteiger partial charge is 0.271 e. The number of nitro benzene ring substituents is 1. The maximum Gasteiger partial charge on any atom is 0.271 e. The van der Waals surface area contributed by atoms with Crippen molar-refractivity contribution in [2.75, 3.05) is 5.73 Å². The van der Waals surface area contributed by atoms with E-state index in [1.54, 1.807) is 6.07 Å². The van der Waals surface area contributed by atoms with Gasteiger partial charge in [0.15, 0.2) is 0 Å². The number of nitrogens with two attached hydrogens (primary N) is 1. The molecule has 4 heteroatoms. The van der Waals surface area contributed by atoms with E-state index in [2.05, 4.69) is 11.8 Å². The topological polar surface area (TPSA) is 69.2 Å². The van der Waals surface area contributed by atoms with E-state index in [0.29, 0.717) is 11.3 Å². The maximum atomic E-state index is 10.6. The highest BCUT2D eigenvalue weighted by atomic mass is 16.6. The summed E-state index contributed by atoms with van der Waals surface area (Å²) in [5.41, 5.74) is 7.46. The van der Waals surface area contributed by atoms with Gasteiger partial charge in [-0.2, -0.15) is 0 Å². The second-order valence-corrected chi connectivity index (χ2v) is 3.64. The first kappa shape index (κ1) is 11.7. The number of rotatable bonds is 1. The Kier molecular flexibility index (Phi) is 3.26. The molecule has 0 saturated heterocycles. The van der Waals surface area contributed by atoms with Crippen molar-refractivity contribution in [1.82, 2.24) is 0 Å². The summed E-state index contributed by atoms with van der Waals surface area (Å²) >= 11 is 0. The van der Waals surface area contributed by atoms with Crippen LogP contribution in [0.3, 0.4) is 0 Å². The van der Waals surface area contributed by atoms with Crippen molar-refractivity contribution in [3.05, 3.63) is 69.8 Å². The first-order valence-electron chi connectivity index (χ1n) is 5.28. The Morgan fingerprint density at radius 2 is 1.78 bits per heavy atom. The molecular formula is C14H10N2O2. The minimum Gasteiger partial charge on any atom is -0.398 e. The van der Waals surface area contributed by atoms with Crippen LogP contribution in [-0.2, 0) is 0 Å². The van der Waals surface area contributed by atoms with Crippen LogP contribution in [0, 0.1) is 22.0 Å². The Bertz CT molecular complexity index is 640. The second kappa shape index (κ2) is 5.02. The molecule has 4 nitrogen and oxygen atoms in total. The van der Waals surface area contributed by atoms with Crippen molar-refractivity contribution in [2.45, 2.75) is 0 Å². The van der Waals surface area contributed by atoms with Crippen LogP contribution in [0.1, 0.15) is 11.1 Å². The van der Waals surface area contributed by atoms with Crippen molar-refractivity contribution in [1.29, 1.82) is 0 Å². The first-order chi connectivity index (χ1) is 8.66. The van der Waals surface area contributed by atoms with E-state index in [1.165, 1.54) is 12.1 Å². The number of non-ortho nitro benzene ring substituents is 1. The van der Waals surface area contributed by atoms with Gasteiger partial charge in [-0.3, -0.25) is 10.1 Å². The summed E-state index contributed by atoms with van der Waals surface area (Å²) < 4.78 is 0. The fourth-order valence-corrected chi connectivity index (χ4v) is 1.44. The summed E-state index contributed by atoms with van der Waals surface area (Å²) in [6.07, 6.45) is 0. The highest BCUT2D eigenvalue weighted by Crippen LogP contribution is 2.18. The largest absolute Gasteiger partial charge is 0.398 e. The summed E-state index contributed by atoms with van der Waals surface area (Å²) in [6.45, 7) is 0. The van der Waals surface area contributed by atoms with Crippen molar-refractivity contribution < 1.29 is 4.92 Å². The molecule has 0 aliphatic carbocycles. The van der Waals surface area contributed by atoms with E-state index in [4.69, 9.17) is 5.73 Å². The van der Waals surface area contributed by atoms with Crippen molar-refractivity contribution in [2.24, 2.45) is 0 Å². The lowest BCUT2D eigenvalue weighted by Gasteiger charge is -1.97. The summed E-state index contributed by atoms with van der Waals surface area (Å²) in [7, 11) is 0. The van der Waals surface area contributed by atoms with E-state index in [0.717, 1.165) is 5.56 Å². The molecule has 0 aliphatic heterocycles. The van der Waals surface area contributed by atoms with Crippen LogP contribution in [0.25, 0.3) is 0 Å². The molecule has 0 unspecified atom stereocenters. The highest BCUT2D eigenvalue weighted by Gasteiger charge is 2.06. The minimum absolute atomic E-state index is 0.0299. The van der Waals surface area contributed by atoms with Crippen LogP contribution in [0.4, 0.5) is 11.4 Å². The van der Waals surface area contributed by atoms with Crippen LogP contribution in [0.15, 0.2) is 48.5 Å². The summed E-state index contributed by atoms with van der Waals surface area (Å²) in [6, 6.07) is 13.7. The van der Waals surface area contributed by atoms with Gasteiger partial charge in [0.25, 0.3) is 5.69 Å². The van der Waals surface area contributed by atoms with Crippen molar-refractivity contribution >= 4 is 11.4 Å². The van der Waals surface area contributed by atoms with Gasteiger partial charge < -0.3 is 5.73 Å². The van der Waals surface area contributed by atoms with Gasteiger partial charge in [-0.05, 0) is 18.2 Å². The number of hydrogen-bond donors (Lipinski definition) is 1. The van der Waals surface area contributed by atoms with Crippen LogP contribution in [0.5, 0.6) is 0 Å². The zero-order chi connectivity index (χ0) is 13.0. The molecule has 0 fully saturated rings. The van der Waals surface area contributed by atoms with E-state index < -0.39 is 4.92 Å². The molecule has 2 rings (SSSR count). The summed E-state index contributed by atoms with van der Waals surface area (Å²) in [5.74, 6) is 5.85. The van der Waals surface area contributed by atoms with Gasteiger partial charge in [0, 0.05) is 23.3 Å². The zero-order valence-electron chi connectivity index (χ0n) is 9.46. The normalized spacial score (nSPS) is 9.33. The van der Waals surface area contributed by atoms with Crippen LogP contribution >= 0.6 is 0 Å². The Hall–Kier alpha value is -2.80. The second-order valence-electron chi connectivity index (χ2n) is 3.64. The molecule has 88 valence electrons. The molecule has 0 radical (unpaired) electrons. The van der Waals surface area contributed by atoms with E-state index in [-0.39, 0.29) is 5.69 Å². The molecule has 0 saturated carbocycles. The lowest BCUT2D eigenvalue weighted by Crippen LogP contribution is -1.94. The molecule has 2 N–H and O–H groups in total. The van der Waals surface area contributed by atoms with Gasteiger partial charge in [-0.15, -0.1) is 0 Å². The highest BCUT2D eigenvalue weighted by molar-refractivity contribution is 5.61. The molecule has 0 aromatic heterocycles. The number of nitro groups is 1. The molecule has 0 aliphatic rings. The van der Waals surface area contributed by atoms with Gasteiger partial charge in [0.2, 0.25) is 0 Å². The molecule has 0 heterocycles. The van der Waals surface area contributed by atoms with Gasteiger partial charge >= 0.3 is 0 Å². The number of nitrogens with zero attached hydrogens (tertiary/aromatic N) is 1. The Balaban J connectivity index is 2.31. The van der Waals surface area contributed by atoms with Gasteiger partial charge in [0.1, 0.15) is 0 Å². The molecule has 0 amide bonds. The maximum absolute atomic E-state index is 10.6. The summed E-state index contributed by atoms with van der Waals surface area (Å²) in [5, 5.41) is 10.6. The average Bonchev–Trinajstić information content (AvgIpc) is 2.38. The number of anilines is 1. The van der Waals surface area contributed by atoms with E-state index in [9.17, 15) is 10.1 Å². The Morgan fingerprint density at radius 1 is 1.06 bits per heavy atom. The summed E-state index contributed by atoms with van der Waals surface area (Å²) in [4.78, 5) is 10.1. The van der Waals surface area contributed by atoms with Gasteiger partial charge in [0.05, 0.1) is 10.6 Å². The predicted octanol–water partition coefficient (Wildman–Crippen LogP) is 2.58. The average molecular weight is 238 g/mol. The lowest BCUT2D eigenvalue weighted by molar-refractivity contribution is -0.384. The predicted molar refractivity (Wildman–Crippen MR) is 69.9 cm³/mol. The zero-order valence-corrected chi connectivity index (χ0v) is 9.46. The van der Waals surface area contributed by atoms with Crippen molar-refractivity contribution in [3.8, 4) is 11.8 Å². The molecule has 2 aromatic carbocycles. The van der Waals surface area contributed by atoms with Crippen LogP contribution in [0.2, 0.25) is 0 Å². The number of nitrogen functional groups attached to an aromatic ring is 1. The molecule has 18 heavy (non-hydrogen) atoms. The van der Waals surface area contributed by atoms with E-state index >= 15 is 0 Å². The molecular weight excluding hydrogens is 228 g/mol. The number of benzene rings is 2. The Morgan fingerprint density at radius 3 is 2.39 bits per heavy atom. The monoisotopic (exact) mass is 238 g/mol. The minimum atomic E-state index is -0.481. The molecule has 2 aromatic rings. The van der Waals surface area contributed by atoms with Crippen LogP contribution in [-0.4, -0.2) is 4.92 Å². The van der Waals surface area contributed by atoms with E-state index in [1.807, 2.05) is 30.3 Å². The fourth-order valence-electron chi connectivity index (χ4n) is 1.44. The quantitative estimate of drug-likeness (QED) is 0.359. The van der Waals surface area contributed by atoms with Gasteiger partial charge in [-0.25, -0.2) is 0 Å². The third-order valence-corrected chi connectivity index (χ3v) is 2.36. The molecule has 0 bridgehead atoms. The lowest BCUT2D eigenvalue weighted by atomic mass is 10.1. The molecule has 0 atom stereocenters.